The van der Waals surface area contributed by atoms with Gasteiger partial charge in [-0.1, -0.05) is 73.1 Å². The molecule has 1 aliphatic heterocycles. The predicted octanol–water partition coefficient (Wildman–Crippen LogP) is 5.30. The molecule has 0 saturated carbocycles. The number of para-hydroxylation sites is 1. The van der Waals surface area contributed by atoms with Crippen LogP contribution in [0.15, 0.2) is 66.7 Å². The number of hydrogen-bond acceptors (Lipinski definition) is 2. The van der Waals surface area contributed by atoms with Gasteiger partial charge in [0.2, 0.25) is 11.8 Å². The molecule has 0 radical (unpaired) electrons. The second kappa shape index (κ2) is 6.29. The van der Waals surface area contributed by atoms with Gasteiger partial charge < -0.3 is 0 Å². The van der Waals surface area contributed by atoms with Crippen molar-refractivity contribution in [3.63, 3.8) is 0 Å². The number of aryl methyl sites for hydroxylation is 1. The number of hydrogen-bond donors (Lipinski definition) is 0. The van der Waals surface area contributed by atoms with E-state index in [1.165, 1.54) is 32.7 Å². The molecule has 0 N–H and O–H groups in total. The molecule has 3 aliphatic carbocycles. The Balaban J connectivity index is 1.58. The summed E-state index contributed by atoms with van der Waals surface area (Å²) >= 11 is 6.39. The normalized spacial score (nSPS) is 25.9. The molecule has 1 fully saturated rings. The van der Waals surface area contributed by atoms with Crippen molar-refractivity contribution in [2.75, 3.05) is 4.90 Å². The maximum Gasteiger partial charge on any atom is 0.238 e. The Labute approximate surface area is 180 Å². The number of imide groups is 1. The highest BCUT2D eigenvalue weighted by molar-refractivity contribution is 6.36. The quantitative estimate of drug-likeness (QED) is 0.534. The van der Waals surface area contributed by atoms with E-state index in [-0.39, 0.29) is 35.5 Å². The second-order valence-corrected chi connectivity index (χ2v) is 8.82. The van der Waals surface area contributed by atoms with Crippen molar-refractivity contribution in [2.24, 2.45) is 11.8 Å². The highest BCUT2D eigenvalue weighted by Crippen LogP contribution is 2.61. The lowest BCUT2D eigenvalue weighted by Crippen LogP contribution is -2.41. The van der Waals surface area contributed by atoms with Gasteiger partial charge in [0.25, 0.3) is 0 Å². The fourth-order valence-electron chi connectivity index (χ4n) is 5.87. The van der Waals surface area contributed by atoms with Crippen molar-refractivity contribution in [3.05, 3.63) is 99.6 Å². The molecule has 4 atom stereocenters. The first kappa shape index (κ1) is 17.9. The molecule has 1 saturated heterocycles. The second-order valence-electron chi connectivity index (χ2n) is 8.42. The number of carbonyl (C=O) groups is 2. The monoisotopic (exact) mass is 413 g/mol. The van der Waals surface area contributed by atoms with Crippen LogP contribution < -0.4 is 4.90 Å². The van der Waals surface area contributed by atoms with Gasteiger partial charge >= 0.3 is 0 Å². The summed E-state index contributed by atoms with van der Waals surface area (Å²) in [6.07, 6.45) is 0.943. The number of halogens is 1. The van der Waals surface area contributed by atoms with E-state index in [2.05, 4.69) is 37.3 Å². The van der Waals surface area contributed by atoms with Gasteiger partial charge in [-0.2, -0.15) is 0 Å². The minimum atomic E-state index is -0.381. The highest BCUT2D eigenvalue weighted by Gasteiger charge is 2.62. The molecule has 4 heteroatoms. The standard InChI is InChI=1S/C26H20ClNO2/c1-2-14-11-12-17-18(13-14)22-16-8-4-3-7-15(16)21(17)23-24(22)26(30)28(25(23)29)20-10-6-5-9-19(20)27/h3-13,21-24H,2H2,1H3. The molecule has 0 spiro atoms. The van der Waals surface area contributed by atoms with Crippen molar-refractivity contribution in [1.82, 2.24) is 0 Å². The molecule has 0 aromatic heterocycles. The maximum atomic E-state index is 13.7. The Morgan fingerprint density at radius 1 is 0.767 bits per heavy atom. The fraction of sp³-hybridized carbons (Fsp3) is 0.231. The molecule has 4 unspecified atom stereocenters. The summed E-state index contributed by atoms with van der Waals surface area (Å²) in [6, 6.07) is 22.0. The highest BCUT2D eigenvalue weighted by atomic mass is 35.5. The van der Waals surface area contributed by atoms with Crippen LogP contribution in [0.4, 0.5) is 5.69 Å². The van der Waals surface area contributed by atoms with E-state index >= 15 is 0 Å². The number of nitrogens with zero attached hydrogens (tertiary/aromatic N) is 1. The molecular formula is C26H20ClNO2. The Hall–Kier alpha value is -2.91. The minimum absolute atomic E-state index is 0.0957. The summed E-state index contributed by atoms with van der Waals surface area (Å²) < 4.78 is 0. The van der Waals surface area contributed by atoms with Crippen LogP contribution in [0, 0.1) is 11.8 Å². The van der Waals surface area contributed by atoms with Gasteiger partial charge in [0.15, 0.2) is 0 Å². The molecule has 2 bridgehead atoms. The van der Waals surface area contributed by atoms with Crippen LogP contribution >= 0.6 is 11.6 Å². The van der Waals surface area contributed by atoms with Crippen LogP contribution in [-0.4, -0.2) is 11.8 Å². The SMILES string of the molecule is CCc1ccc2c(c1)C1c3ccccc3C2C2C(=O)N(c3ccccc3Cl)C(=O)C12. The van der Waals surface area contributed by atoms with Crippen molar-refractivity contribution in [1.29, 1.82) is 0 Å². The number of anilines is 1. The minimum Gasteiger partial charge on any atom is -0.274 e. The lowest BCUT2D eigenvalue weighted by Gasteiger charge is -2.46. The third-order valence-electron chi connectivity index (χ3n) is 7.11. The van der Waals surface area contributed by atoms with Crippen LogP contribution in [0.5, 0.6) is 0 Å². The van der Waals surface area contributed by atoms with Gasteiger partial charge in [0, 0.05) is 11.8 Å². The van der Waals surface area contributed by atoms with E-state index in [0.717, 1.165) is 6.42 Å². The van der Waals surface area contributed by atoms with Crippen LogP contribution in [0.2, 0.25) is 5.02 Å². The van der Waals surface area contributed by atoms with Crippen LogP contribution in [0.1, 0.15) is 46.6 Å². The zero-order chi connectivity index (χ0) is 20.6. The zero-order valence-electron chi connectivity index (χ0n) is 16.5. The molecular weight excluding hydrogens is 394 g/mol. The summed E-state index contributed by atoms with van der Waals surface area (Å²) in [7, 11) is 0. The molecule has 3 nitrogen and oxygen atoms in total. The van der Waals surface area contributed by atoms with Crippen LogP contribution in [-0.2, 0) is 16.0 Å². The molecule has 148 valence electrons. The third-order valence-corrected chi connectivity index (χ3v) is 7.42. The van der Waals surface area contributed by atoms with Crippen LogP contribution in [0.3, 0.4) is 0 Å². The van der Waals surface area contributed by atoms with Gasteiger partial charge in [0.1, 0.15) is 0 Å². The third kappa shape index (κ3) is 2.16. The van der Waals surface area contributed by atoms with Crippen molar-refractivity contribution in [3.8, 4) is 0 Å². The smallest absolute Gasteiger partial charge is 0.238 e. The molecule has 7 rings (SSSR count). The van der Waals surface area contributed by atoms with E-state index < -0.39 is 0 Å². The first-order chi connectivity index (χ1) is 14.6. The van der Waals surface area contributed by atoms with E-state index in [1.54, 1.807) is 12.1 Å². The molecule has 3 aromatic carbocycles. The fourth-order valence-corrected chi connectivity index (χ4v) is 6.09. The summed E-state index contributed by atoms with van der Waals surface area (Å²) in [4.78, 5) is 28.7. The summed E-state index contributed by atoms with van der Waals surface area (Å²) in [5.74, 6) is -1.22. The van der Waals surface area contributed by atoms with E-state index in [4.69, 9.17) is 11.6 Å². The lowest BCUT2D eigenvalue weighted by molar-refractivity contribution is -0.122. The predicted molar refractivity (Wildman–Crippen MR) is 117 cm³/mol. The van der Waals surface area contributed by atoms with Crippen molar-refractivity contribution >= 4 is 29.1 Å². The molecule has 4 aliphatic rings. The topological polar surface area (TPSA) is 37.4 Å². The summed E-state index contributed by atoms with van der Waals surface area (Å²) in [6.45, 7) is 2.14. The van der Waals surface area contributed by atoms with Gasteiger partial charge in [-0.25, -0.2) is 4.90 Å². The maximum absolute atomic E-state index is 13.7. The number of carbonyl (C=O) groups excluding carboxylic acids is 2. The first-order valence-corrected chi connectivity index (χ1v) is 10.8. The Morgan fingerprint density at radius 3 is 1.97 bits per heavy atom. The Bertz CT molecular complexity index is 1230. The van der Waals surface area contributed by atoms with Gasteiger partial charge in [-0.15, -0.1) is 0 Å². The van der Waals surface area contributed by atoms with Crippen molar-refractivity contribution < 1.29 is 9.59 Å². The van der Waals surface area contributed by atoms with Gasteiger partial charge in [-0.05, 0) is 46.4 Å². The summed E-state index contributed by atoms with van der Waals surface area (Å²) in [5, 5.41) is 0.425. The molecule has 2 amide bonds. The Kier molecular flexibility index (Phi) is 3.76. The zero-order valence-corrected chi connectivity index (χ0v) is 17.3. The lowest BCUT2D eigenvalue weighted by atomic mass is 9.55. The van der Waals surface area contributed by atoms with E-state index in [0.29, 0.717) is 10.7 Å². The van der Waals surface area contributed by atoms with Gasteiger partial charge in [0.05, 0.1) is 22.5 Å². The number of amides is 2. The average Bonchev–Trinajstić information content (AvgIpc) is 3.04. The number of rotatable bonds is 2. The average molecular weight is 414 g/mol. The Morgan fingerprint density at radius 2 is 1.33 bits per heavy atom. The van der Waals surface area contributed by atoms with Crippen LogP contribution in [0.25, 0.3) is 0 Å². The van der Waals surface area contributed by atoms with E-state index in [9.17, 15) is 9.59 Å². The first-order valence-electron chi connectivity index (χ1n) is 10.5. The molecule has 3 aromatic rings. The molecule has 30 heavy (non-hydrogen) atoms. The van der Waals surface area contributed by atoms with Gasteiger partial charge in [-0.3, -0.25) is 9.59 Å². The summed E-state index contributed by atoms with van der Waals surface area (Å²) in [5.41, 5.74) is 6.52. The van der Waals surface area contributed by atoms with E-state index in [1.807, 2.05) is 24.3 Å². The molecule has 1 heterocycles. The largest absolute Gasteiger partial charge is 0.274 e. The van der Waals surface area contributed by atoms with Crippen molar-refractivity contribution in [2.45, 2.75) is 25.2 Å². The number of benzene rings is 3.